The first-order valence-electron chi connectivity index (χ1n) is 8.64. The quantitative estimate of drug-likeness (QED) is 0.741. The molecule has 1 atom stereocenters. The smallest absolute Gasteiger partial charge is 0.414 e. The molecule has 2 heterocycles. The monoisotopic (exact) mass is 407 g/mol. The number of carbonyl (C=O) groups is 2. The third-order valence-electron chi connectivity index (χ3n) is 4.08. The van der Waals surface area contributed by atoms with E-state index in [4.69, 9.17) is 4.74 Å². The zero-order valence-corrected chi connectivity index (χ0v) is 16.8. The number of nitrogens with one attached hydrogen (secondary N) is 1. The number of thiazole rings is 1. The molecule has 0 fully saturated rings. The molecule has 0 spiro atoms. The van der Waals surface area contributed by atoms with Gasteiger partial charge in [0.15, 0.2) is 5.13 Å². The van der Waals surface area contributed by atoms with Gasteiger partial charge in [0.05, 0.1) is 10.4 Å². The van der Waals surface area contributed by atoms with E-state index >= 15 is 0 Å². The van der Waals surface area contributed by atoms with Crippen LogP contribution in [0.2, 0.25) is 0 Å². The van der Waals surface area contributed by atoms with E-state index in [2.05, 4.69) is 10.3 Å². The Balaban J connectivity index is 1.68. The van der Waals surface area contributed by atoms with Crippen LogP contribution in [0.15, 0.2) is 24.3 Å². The fourth-order valence-corrected chi connectivity index (χ4v) is 5.17. The highest BCUT2D eigenvalue weighted by Gasteiger charge is 2.28. The average Bonchev–Trinajstić information content (AvgIpc) is 3.16. The van der Waals surface area contributed by atoms with Crippen LogP contribution in [0.3, 0.4) is 0 Å². The first-order valence-corrected chi connectivity index (χ1v) is 10.9. The van der Waals surface area contributed by atoms with Crippen LogP contribution in [0.1, 0.15) is 40.7 Å². The van der Waals surface area contributed by atoms with Crippen LogP contribution in [-0.4, -0.2) is 40.0 Å². The molecule has 0 bridgehead atoms. The van der Waals surface area contributed by atoms with Crippen molar-refractivity contribution in [2.75, 3.05) is 18.9 Å². The molecule has 1 aromatic heterocycles. The van der Waals surface area contributed by atoms with E-state index in [9.17, 15) is 14.1 Å². The number of hydrogen-bond donors (Lipinski definition) is 1. The van der Waals surface area contributed by atoms with Crippen molar-refractivity contribution in [3.8, 4) is 5.75 Å². The van der Waals surface area contributed by atoms with Gasteiger partial charge in [0.2, 0.25) is 0 Å². The molecule has 2 aromatic rings. The zero-order chi connectivity index (χ0) is 19.4. The summed E-state index contributed by atoms with van der Waals surface area (Å²) in [6.07, 6.45) is 1.36. The van der Waals surface area contributed by atoms with Crippen molar-refractivity contribution in [1.82, 2.24) is 9.88 Å². The summed E-state index contributed by atoms with van der Waals surface area (Å²) in [4.78, 5) is 31.6. The Morgan fingerprint density at radius 2 is 2.15 bits per heavy atom. The van der Waals surface area contributed by atoms with E-state index in [1.807, 2.05) is 6.92 Å². The van der Waals surface area contributed by atoms with Gasteiger partial charge in [0.1, 0.15) is 22.9 Å². The average molecular weight is 408 g/mol. The SMILES string of the molecule is CCCCN(C)C(=O)Oc1ccccc1C(=O)Nc1nc2c(s1)C[S+]([O-])C2. The van der Waals surface area contributed by atoms with Crippen LogP contribution in [0.4, 0.5) is 9.93 Å². The minimum absolute atomic E-state index is 0.202. The van der Waals surface area contributed by atoms with Gasteiger partial charge in [0, 0.05) is 13.6 Å². The number of unbranched alkanes of at least 4 members (excludes halogenated alkanes) is 1. The van der Waals surface area contributed by atoms with Gasteiger partial charge in [-0.1, -0.05) is 36.8 Å². The maximum atomic E-state index is 12.6. The fraction of sp³-hybridized carbons (Fsp3) is 0.389. The maximum Gasteiger partial charge on any atom is 0.414 e. The molecule has 1 aliphatic rings. The van der Waals surface area contributed by atoms with Gasteiger partial charge in [-0.3, -0.25) is 10.1 Å². The van der Waals surface area contributed by atoms with Crippen molar-refractivity contribution in [2.45, 2.75) is 31.3 Å². The molecule has 0 saturated carbocycles. The number of amides is 2. The molecule has 0 aliphatic carbocycles. The second kappa shape index (κ2) is 8.73. The molecule has 7 nitrogen and oxygen atoms in total. The van der Waals surface area contributed by atoms with Gasteiger partial charge in [0.25, 0.3) is 5.91 Å². The highest BCUT2D eigenvalue weighted by atomic mass is 32.2. The Labute approximate surface area is 164 Å². The predicted molar refractivity (Wildman–Crippen MR) is 106 cm³/mol. The molecule has 0 radical (unpaired) electrons. The van der Waals surface area contributed by atoms with Crippen molar-refractivity contribution in [3.63, 3.8) is 0 Å². The number of hydrogen-bond acceptors (Lipinski definition) is 6. The van der Waals surface area contributed by atoms with E-state index in [1.165, 1.54) is 16.2 Å². The van der Waals surface area contributed by atoms with Gasteiger partial charge in [-0.05, 0) is 29.7 Å². The normalized spacial score (nSPS) is 15.3. The number of para-hydroxylation sites is 1. The van der Waals surface area contributed by atoms with Crippen LogP contribution >= 0.6 is 11.3 Å². The molecule has 9 heteroatoms. The van der Waals surface area contributed by atoms with Gasteiger partial charge in [-0.2, -0.15) is 0 Å². The summed E-state index contributed by atoms with van der Waals surface area (Å²) < 4.78 is 16.9. The minimum atomic E-state index is -0.890. The first-order chi connectivity index (χ1) is 13.0. The van der Waals surface area contributed by atoms with Gasteiger partial charge >= 0.3 is 6.09 Å². The topological polar surface area (TPSA) is 94.6 Å². The van der Waals surface area contributed by atoms with Crippen LogP contribution in [0.25, 0.3) is 0 Å². The van der Waals surface area contributed by atoms with E-state index in [0.717, 1.165) is 23.4 Å². The Kier molecular flexibility index (Phi) is 6.35. The zero-order valence-electron chi connectivity index (χ0n) is 15.2. The summed E-state index contributed by atoms with van der Waals surface area (Å²) in [6.45, 7) is 2.64. The number of rotatable bonds is 6. The molecular formula is C18H21N3O4S2. The summed E-state index contributed by atoms with van der Waals surface area (Å²) in [5.41, 5.74) is 1.04. The third kappa shape index (κ3) is 4.79. The second-order valence-corrected chi connectivity index (χ2v) is 8.75. The lowest BCUT2D eigenvalue weighted by atomic mass is 10.2. The Morgan fingerprint density at radius 1 is 1.37 bits per heavy atom. The summed E-state index contributed by atoms with van der Waals surface area (Å²) in [6, 6.07) is 6.60. The number of benzene rings is 1. The molecule has 27 heavy (non-hydrogen) atoms. The van der Waals surface area contributed by atoms with Crippen molar-refractivity contribution in [1.29, 1.82) is 0 Å². The number of fused-ring (bicyclic) bond motifs is 1. The highest BCUT2D eigenvalue weighted by Crippen LogP contribution is 2.33. The van der Waals surface area contributed by atoms with E-state index < -0.39 is 23.2 Å². The molecule has 1 aromatic carbocycles. The summed E-state index contributed by atoms with van der Waals surface area (Å²) >= 11 is 0.441. The van der Waals surface area contributed by atoms with E-state index in [-0.39, 0.29) is 11.3 Å². The number of carbonyl (C=O) groups excluding carboxylic acids is 2. The maximum absolute atomic E-state index is 12.6. The lowest BCUT2D eigenvalue weighted by Gasteiger charge is -2.17. The third-order valence-corrected chi connectivity index (χ3v) is 6.48. The van der Waals surface area contributed by atoms with Crippen LogP contribution < -0.4 is 10.1 Å². The van der Waals surface area contributed by atoms with Crippen LogP contribution in [-0.2, 0) is 22.7 Å². The molecule has 144 valence electrons. The number of aromatic nitrogens is 1. The fourth-order valence-electron chi connectivity index (χ4n) is 2.58. The molecule has 0 saturated heterocycles. The summed E-state index contributed by atoms with van der Waals surface area (Å²) in [5.74, 6) is 0.720. The van der Waals surface area contributed by atoms with Crippen molar-refractivity contribution < 1.29 is 18.9 Å². The Morgan fingerprint density at radius 3 is 2.89 bits per heavy atom. The van der Waals surface area contributed by atoms with Crippen molar-refractivity contribution >= 4 is 39.6 Å². The highest BCUT2D eigenvalue weighted by molar-refractivity contribution is 7.90. The lowest BCUT2D eigenvalue weighted by molar-refractivity contribution is 0.102. The van der Waals surface area contributed by atoms with E-state index in [1.54, 1.807) is 31.3 Å². The van der Waals surface area contributed by atoms with Crippen LogP contribution in [0.5, 0.6) is 5.75 Å². The van der Waals surface area contributed by atoms with Gasteiger partial charge in [-0.15, -0.1) is 0 Å². The van der Waals surface area contributed by atoms with Crippen molar-refractivity contribution in [3.05, 3.63) is 40.4 Å². The number of anilines is 1. The largest absolute Gasteiger partial charge is 0.616 e. The summed E-state index contributed by atoms with van der Waals surface area (Å²) in [7, 11) is 1.67. The Bertz CT molecular complexity index is 816. The number of ether oxygens (including phenoxy) is 1. The minimum Gasteiger partial charge on any atom is -0.616 e. The van der Waals surface area contributed by atoms with E-state index in [0.29, 0.717) is 23.2 Å². The second-order valence-electron chi connectivity index (χ2n) is 6.21. The van der Waals surface area contributed by atoms with Gasteiger partial charge < -0.3 is 14.2 Å². The Hall–Kier alpha value is -2.10. The first kappa shape index (κ1) is 19.7. The van der Waals surface area contributed by atoms with Gasteiger partial charge in [-0.25, -0.2) is 9.78 Å². The van der Waals surface area contributed by atoms with Crippen LogP contribution in [0, 0.1) is 0 Å². The molecule has 2 amide bonds. The molecule has 3 rings (SSSR count). The van der Waals surface area contributed by atoms with Crippen molar-refractivity contribution in [2.24, 2.45) is 0 Å². The molecule has 1 aliphatic heterocycles. The molecular weight excluding hydrogens is 386 g/mol. The molecule has 1 unspecified atom stereocenters. The lowest BCUT2D eigenvalue weighted by Crippen LogP contribution is -2.31. The molecule has 1 N–H and O–H groups in total. The number of nitrogens with zero attached hydrogens (tertiary/aromatic N) is 2. The predicted octanol–water partition coefficient (Wildman–Crippen LogP) is 3.39. The summed E-state index contributed by atoms with van der Waals surface area (Å²) in [5, 5.41) is 3.21. The standard InChI is InChI=1S/C18H21N3O4S2/c1-3-4-9-21(2)18(23)25-14-8-6-5-7-12(14)16(22)20-17-19-13-10-27(24)11-15(13)26-17/h5-8H,3-4,9-11H2,1-2H3,(H,19,20,22).